The summed E-state index contributed by atoms with van der Waals surface area (Å²) in [6, 6.07) is 4.10. The van der Waals surface area contributed by atoms with Crippen LogP contribution < -0.4 is 25.3 Å². The van der Waals surface area contributed by atoms with Gasteiger partial charge in [0, 0.05) is 18.1 Å². The maximum atomic E-state index is 12.6. The summed E-state index contributed by atoms with van der Waals surface area (Å²) < 4.78 is 16.3. The number of hydrogen-bond acceptors (Lipinski definition) is 7. The summed E-state index contributed by atoms with van der Waals surface area (Å²) in [5.74, 6) is 0.478. The van der Waals surface area contributed by atoms with Gasteiger partial charge in [0.05, 0.1) is 6.10 Å². The summed E-state index contributed by atoms with van der Waals surface area (Å²) in [5.41, 5.74) is 5.59. The lowest BCUT2D eigenvalue weighted by Gasteiger charge is -2.31. The molecule has 158 valence electrons. The second-order valence-electron chi connectivity index (χ2n) is 7.61. The van der Waals surface area contributed by atoms with Crippen molar-refractivity contribution in [3.8, 4) is 17.2 Å². The van der Waals surface area contributed by atoms with Crippen molar-refractivity contribution in [3.05, 3.63) is 29.8 Å². The topological polar surface area (TPSA) is 140 Å². The van der Waals surface area contributed by atoms with Crippen LogP contribution >= 0.6 is 0 Å². The van der Waals surface area contributed by atoms with Crippen LogP contribution in [-0.2, 0) is 9.59 Å². The molecule has 0 saturated heterocycles. The number of benzene rings is 1. The molecular weight excluding hydrogens is 380 g/mol. The molecule has 9 heteroatoms. The Kier molecular flexibility index (Phi) is 6.29. The van der Waals surface area contributed by atoms with Crippen molar-refractivity contribution in [1.82, 2.24) is 5.32 Å². The highest BCUT2D eigenvalue weighted by Gasteiger charge is 2.35. The Labute approximate surface area is 168 Å². The molecule has 0 bridgehead atoms. The highest BCUT2D eigenvalue weighted by molar-refractivity contribution is 5.97. The van der Waals surface area contributed by atoms with Crippen LogP contribution in [0.3, 0.4) is 0 Å². The molecule has 1 aliphatic heterocycles. The van der Waals surface area contributed by atoms with E-state index in [-0.39, 0.29) is 24.7 Å². The maximum absolute atomic E-state index is 12.6. The summed E-state index contributed by atoms with van der Waals surface area (Å²) in [5, 5.41) is 23.1. The number of ether oxygens (including phenoxy) is 3. The van der Waals surface area contributed by atoms with E-state index in [2.05, 4.69) is 5.32 Å². The van der Waals surface area contributed by atoms with Gasteiger partial charge in [0.1, 0.15) is 24.0 Å². The van der Waals surface area contributed by atoms with Gasteiger partial charge in [0.25, 0.3) is 0 Å². The molecule has 4 atom stereocenters. The number of fused-ring (bicyclic) bond motifs is 1. The number of hydrogen-bond donors (Lipinski definition) is 4. The average molecular weight is 406 g/mol. The molecule has 0 fully saturated rings. The second kappa shape index (κ2) is 8.71. The van der Waals surface area contributed by atoms with Gasteiger partial charge in [-0.2, -0.15) is 0 Å². The zero-order valence-corrected chi connectivity index (χ0v) is 16.3. The Bertz CT molecular complexity index is 808. The van der Waals surface area contributed by atoms with Crippen molar-refractivity contribution in [2.75, 3.05) is 6.79 Å². The Hall–Kier alpha value is -2.78. The lowest BCUT2D eigenvalue weighted by Crippen LogP contribution is -2.49. The molecule has 0 spiro atoms. The first-order chi connectivity index (χ1) is 13.7. The summed E-state index contributed by atoms with van der Waals surface area (Å²) in [7, 11) is 0. The van der Waals surface area contributed by atoms with E-state index in [1.807, 2.05) is 13.8 Å². The van der Waals surface area contributed by atoms with Gasteiger partial charge in [-0.15, -0.1) is 0 Å². The monoisotopic (exact) mass is 406 g/mol. The molecule has 5 N–H and O–H groups in total. The minimum absolute atomic E-state index is 0.0683. The molecule has 0 saturated carbocycles. The molecule has 4 unspecified atom stereocenters. The number of primary amides is 1. The third-order valence-corrected chi connectivity index (χ3v) is 4.79. The number of carbonyl (C=O) groups is 2. The standard InChI is InChI=1S/C20H26N2O7/c1-10(2)5-13(19(21)25)22-20(26)11-6-14(23)18(24)17(7-11)29-12-3-4-15-16(8-12)28-9-27-15/h3-4,7-8,10,13-14,17-18,23-24H,5-6,9H2,1-2H3,(H2,21,25)(H,22,26). The number of aliphatic hydroxyl groups excluding tert-OH is 2. The first-order valence-electron chi connectivity index (χ1n) is 9.48. The van der Waals surface area contributed by atoms with Crippen LogP contribution in [0, 0.1) is 5.92 Å². The minimum atomic E-state index is -1.22. The fraction of sp³-hybridized carbons (Fsp3) is 0.500. The fourth-order valence-corrected chi connectivity index (χ4v) is 3.28. The quantitative estimate of drug-likeness (QED) is 0.508. The van der Waals surface area contributed by atoms with Crippen molar-refractivity contribution in [2.45, 2.75) is 51.0 Å². The molecule has 2 aliphatic rings. The zero-order valence-electron chi connectivity index (χ0n) is 16.3. The Morgan fingerprint density at radius 2 is 2.00 bits per heavy atom. The fourth-order valence-electron chi connectivity index (χ4n) is 3.28. The lowest BCUT2D eigenvalue weighted by atomic mass is 9.91. The van der Waals surface area contributed by atoms with E-state index in [4.69, 9.17) is 19.9 Å². The highest BCUT2D eigenvalue weighted by atomic mass is 16.7. The Morgan fingerprint density at radius 3 is 2.69 bits per heavy atom. The van der Waals surface area contributed by atoms with Crippen LogP contribution in [0.4, 0.5) is 0 Å². The van der Waals surface area contributed by atoms with Gasteiger partial charge in [-0.05, 0) is 30.5 Å². The third-order valence-electron chi connectivity index (χ3n) is 4.79. The van der Waals surface area contributed by atoms with Crippen LogP contribution in [0.15, 0.2) is 29.8 Å². The minimum Gasteiger partial charge on any atom is -0.483 e. The van der Waals surface area contributed by atoms with E-state index >= 15 is 0 Å². The molecule has 9 nitrogen and oxygen atoms in total. The molecule has 1 heterocycles. The third kappa shape index (κ3) is 4.99. The SMILES string of the molecule is CC(C)CC(NC(=O)C1=CC(Oc2ccc3c(c2)OCO3)C(O)C(O)C1)C(N)=O. The van der Waals surface area contributed by atoms with Gasteiger partial charge in [-0.3, -0.25) is 9.59 Å². The summed E-state index contributed by atoms with van der Waals surface area (Å²) >= 11 is 0. The predicted molar refractivity (Wildman–Crippen MR) is 102 cm³/mol. The molecule has 1 aromatic carbocycles. The van der Waals surface area contributed by atoms with Crippen LogP contribution in [0.5, 0.6) is 17.2 Å². The van der Waals surface area contributed by atoms with E-state index in [1.54, 1.807) is 18.2 Å². The molecule has 29 heavy (non-hydrogen) atoms. The van der Waals surface area contributed by atoms with Crippen molar-refractivity contribution >= 4 is 11.8 Å². The van der Waals surface area contributed by atoms with Gasteiger partial charge in [-0.1, -0.05) is 13.8 Å². The molecule has 0 radical (unpaired) electrons. The van der Waals surface area contributed by atoms with E-state index in [0.717, 1.165) is 0 Å². The van der Waals surface area contributed by atoms with Crippen LogP contribution in [0.1, 0.15) is 26.7 Å². The van der Waals surface area contributed by atoms with Crippen LogP contribution in [0.2, 0.25) is 0 Å². The molecule has 2 amide bonds. The Balaban J connectivity index is 1.74. The number of amides is 2. The van der Waals surface area contributed by atoms with Crippen LogP contribution in [0.25, 0.3) is 0 Å². The molecule has 1 aromatic rings. The van der Waals surface area contributed by atoms with Crippen LogP contribution in [-0.4, -0.2) is 53.2 Å². The van der Waals surface area contributed by atoms with Crippen molar-refractivity contribution in [1.29, 1.82) is 0 Å². The van der Waals surface area contributed by atoms with Gasteiger partial charge in [0.2, 0.25) is 18.6 Å². The number of nitrogens with two attached hydrogens (primary N) is 1. The molecular formula is C20H26N2O7. The normalized spacial score (nSPS) is 24.0. The van der Waals surface area contributed by atoms with Gasteiger partial charge in [0.15, 0.2) is 11.5 Å². The first-order valence-corrected chi connectivity index (χ1v) is 9.48. The summed E-state index contributed by atoms with van der Waals surface area (Å²) in [4.78, 5) is 24.2. The largest absolute Gasteiger partial charge is 0.483 e. The molecule has 0 aromatic heterocycles. The van der Waals surface area contributed by atoms with E-state index in [9.17, 15) is 19.8 Å². The van der Waals surface area contributed by atoms with Crippen molar-refractivity contribution in [2.24, 2.45) is 11.7 Å². The van der Waals surface area contributed by atoms with Gasteiger partial charge in [-0.25, -0.2) is 0 Å². The highest BCUT2D eigenvalue weighted by Crippen LogP contribution is 2.36. The predicted octanol–water partition coefficient (Wildman–Crippen LogP) is 0.231. The average Bonchev–Trinajstić information content (AvgIpc) is 3.12. The number of rotatable bonds is 7. The first kappa shape index (κ1) is 20.9. The zero-order chi connectivity index (χ0) is 21.1. The summed E-state index contributed by atoms with van der Waals surface area (Å²) in [6.45, 7) is 3.94. The molecule has 1 aliphatic carbocycles. The Morgan fingerprint density at radius 1 is 1.28 bits per heavy atom. The van der Waals surface area contributed by atoms with E-state index in [0.29, 0.717) is 23.7 Å². The molecule has 3 rings (SSSR count). The van der Waals surface area contributed by atoms with E-state index < -0.39 is 36.2 Å². The van der Waals surface area contributed by atoms with Gasteiger partial charge >= 0.3 is 0 Å². The smallest absolute Gasteiger partial charge is 0.247 e. The summed E-state index contributed by atoms with van der Waals surface area (Å²) in [6.07, 6.45) is -1.60. The second-order valence-corrected chi connectivity index (χ2v) is 7.61. The van der Waals surface area contributed by atoms with Crippen molar-refractivity contribution in [3.63, 3.8) is 0 Å². The number of carbonyl (C=O) groups excluding carboxylic acids is 2. The van der Waals surface area contributed by atoms with Crippen molar-refractivity contribution < 1.29 is 34.0 Å². The van der Waals surface area contributed by atoms with E-state index in [1.165, 1.54) is 6.08 Å². The number of aliphatic hydroxyl groups is 2. The number of nitrogens with one attached hydrogen (secondary N) is 1. The maximum Gasteiger partial charge on any atom is 0.247 e. The van der Waals surface area contributed by atoms with Gasteiger partial charge < -0.3 is 35.5 Å². The lowest BCUT2D eigenvalue weighted by molar-refractivity contribution is -0.126.